The van der Waals surface area contributed by atoms with Gasteiger partial charge in [0.05, 0.1) is 28.5 Å². The second-order valence-electron chi connectivity index (χ2n) is 4.55. The molecule has 0 aliphatic rings. The van der Waals surface area contributed by atoms with Gasteiger partial charge in [0.25, 0.3) is 0 Å². The predicted molar refractivity (Wildman–Crippen MR) is 83.5 cm³/mol. The van der Waals surface area contributed by atoms with E-state index in [1.165, 1.54) is 23.0 Å². The molecule has 1 aromatic carbocycles. The van der Waals surface area contributed by atoms with E-state index in [1.807, 2.05) is 12.1 Å². The quantitative estimate of drug-likeness (QED) is 0.646. The Balaban J connectivity index is 1.98. The number of pyridine rings is 1. The summed E-state index contributed by atoms with van der Waals surface area (Å²) in [4.78, 5) is 4.09. The molecule has 0 aliphatic carbocycles. The molecule has 0 bridgehead atoms. The lowest BCUT2D eigenvalue weighted by Gasteiger charge is -2.01. The van der Waals surface area contributed by atoms with Crippen LogP contribution in [0.1, 0.15) is 17.0 Å². The monoisotopic (exact) mass is 322 g/mol. The Kier molecular flexibility index (Phi) is 4.05. The SMILES string of the molecule is N#Cc1cc(F)cc(-n2cc(Cl)c(C#Cc3ccccn3)n2)c1. The maximum absolute atomic E-state index is 13.5. The molecule has 6 heteroatoms. The minimum Gasteiger partial charge on any atom is -0.248 e. The van der Waals surface area contributed by atoms with Gasteiger partial charge in [-0.1, -0.05) is 17.7 Å². The fourth-order valence-corrected chi connectivity index (χ4v) is 2.08. The highest BCUT2D eigenvalue weighted by Crippen LogP contribution is 2.18. The molecular weight excluding hydrogens is 315 g/mol. The van der Waals surface area contributed by atoms with Gasteiger partial charge in [-0.3, -0.25) is 0 Å². The van der Waals surface area contributed by atoms with Crippen LogP contribution in [0.25, 0.3) is 5.69 Å². The number of rotatable bonds is 1. The number of benzene rings is 1. The summed E-state index contributed by atoms with van der Waals surface area (Å²) in [6.45, 7) is 0. The lowest BCUT2D eigenvalue weighted by molar-refractivity contribution is 0.625. The first-order chi connectivity index (χ1) is 11.2. The Hall–Kier alpha value is -3.15. The van der Waals surface area contributed by atoms with Crippen molar-refractivity contribution in [1.29, 1.82) is 5.26 Å². The molecule has 0 aliphatic heterocycles. The van der Waals surface area contributed by atoms with E-state index in [0.29, 0.717) is 22.1 Å². The highest BCUT2D eigenvalue weighted by atomic mass is 35.5. The number of hydrogen-bond donors (Lipinski definition) is 0. The zero-order chi connectivity index (χ0) is 16.2. The molecule has 2 heterocycles. The molecular formula is C17H8ClFN4. The average molecular weight is 323 g/mol. The van der Waals surface area contributed by atoms with E-state index in [4.69, 9.17) is 16.9 Å². The summed E-state index contributed by atoms with van der Waals surface area (Å²) >= 11 is 6.11. The van der Waals surface area contributed by atoms with E-state index in [1.54, 1.807) is 18.3 Å². The molecule has 0 unspecified atom stereocenters. The van der Waals surface area contributed by atoms with Gasteiger partial charge < -0.3 is 0 Å². The Morgan fingerprint density at radius 1 is 1.17 bits per heavy atom. The molecule has 4 nitrogen and oxygen atoms in total. The van der Waals surface area contributed by atoms with Crippen molar-refractivity contribution in [1.82, 2.24) is 14.8 Å². The van der Waals surface area contributed by atoms with Gasteiger partial charge >= 0.3 is 0 Å². The van der Waals surface area contributed by atoms with E-state index in [-0.39, 0.29) is 5.56 Å². The van der Waals surface area contributed by atoms with Gasteiger partial charge in [-0.05, 0) is 42.2 Å². The molecule has 23 heavy (non-hydrogen) atoms. The average Bonchev–Trinajstić information content (AvgIpc) is 2.94. The van der Waals surface area contributed by atoms with E-state index < -0.39 is 5.82 Å². The van der Waals surface area contributed by atoms with Crippen LogP contribution < -0.4 is 0 Å². The van der Waals surface area contributed by atoms with Crippen LogP contribution in [-0.2, 0) is 0 Å². The van der Waals surface area contributed by atoms with Crippen LogP contribution in [0, 0.1) is 29.0 Å². The second kappa shape index (κ2) is 6.31. The van der Waals surface area contributed by atoms with E-state index in [2.05, 4.69) is 21.9 Å². The summed E-state index contributed by atoms with van der Waals surface area (Å²) in [5.74, 6) is 5.16. The first-order valence-electron chi connectivity index (χ1n) is 6.55. The fourth-order valence-electron chi connectivity index (χ4n) is 1.90. The van der Waals surface area contributed by atoms with Gasteiger partial charge in [-0.25, -0.2) is 14.1 Å². The number of halogens is 2. The predicted octanol–water partition coefficient (Wildman–Crippen LogP) is 3.33. The zero-order valence-corrected chi connectivity index (χ0v) is 12.4. The van der Waals surface area contributed by atoms with Gasteiger partial charge in [0, 0.05) is 6.20 Å². The molecule has 0 fully saturated rings. The molecule has 3 rings (SSSR count). The van der Waals surface area contributed by atoms with E-state index in [9.17, 15) is 4.39 Å². The maximum Gasteiger partial charge on any atom is 0.154 e. The van der Waals surface area contributed by atoms with Gasteiger partial charge in [-0.15, -0.1) is 0 Å². The molecule has 0 saturated carbocycles. The fraction of sp³-hybridized carbons (Fsp3) is 0. The summed E-state index contributed by atoms with van der Waals surface area (Å²) in [5.41, 5.74) is 1.54. The summed E-state index contributed by atoms with van der Waals surface area (Å²) in [7, 11) is 0. The van der Waals surface area contributed by atoms with E-state index in [0.717, 1.165) is 6.07 Å². The van der Waals surface area contributed by atoms with Gasteiger partial charge in [0.15, 0.2) is 5.69 Å². The summed E-state index contributed by atoms with van der Waals surface area (Å²) in [5, 5.41) is 13.5. The molecule has 0 N–H and O–H groups in total. The zero-order valence-electron chi connectivity index (χ0n) is 11.7. The Bertz CT molecular complexity index is 962. The lowest BCUT2D eigenvalue weighted by Crippen LogP contribution is -1.97. The molecule has 110 valence electrons. The molecule has 2 aromatic heterocycles. The lowest BCUT2D eigenvalue weighted by atomic mass is 10.2. The van der Waals surface area contributed by atoms with Gasteiger partial charge in [-0.2, -0.15) is 10.4 Å². The van der Waals surface area contributed by atoms with Crippen molar-refractivity contribution in [2.45, 2.75) is 0 Å². The summed E-state index contributed by atoms with van der Waals surface area (Å²) in [6.07, 6.45) is 3.15. The normalized spacial score (nSPS) is 9.78. The standard InChI is InChI=1S/C17H8ClFN4/c18-16-11-23(15-8-12(10-20)7-13(19)9-15)22-17(16)5-4-14-3-1-2-6-21-14/h1-3,6-9,11H. The van der Waals surface area contributed by atoms with Crippen LogP contribution in [0.15, 0.2) is 48.8 Å². The van der Waals surface area contributed by atoms with Crippen molar-refractivity contribution < 1.29 is 4.39 Å². The molecule has 0 radical (unpaired) electrons. The van der Waals surface area contributed by atoms with Gasteiger partial charge in [0.2, 0.25) is 0 Å². The largest absolute Gasteiger partial charge is 0.248 e. The molecule has 0 atom stereocenters. The van der Waals surface area contributed by atoms with Crippen molar-refractivity contribution in [3.8, 4) is 23.6 Å². The highest BCUT2D eigenvalue weighted by molar-refractivity contribution is 6.31. The van der Waals surface area contributed by atoms with Crippen molar-refractivity contribution >= 4 is 11.6 Å². The van der Waals surface area contributed by atoms with Crippen LogP contribution >= 0.6 is 11.6 Å². The third-order valence-corrected chi connectivity index (χ3v) is 3.20. The number of nitrogens with zero attached hydrogens (tertiary/aromatic N) is 4. The number of aromatic nitrogens is 3. The Morgan fingerprint density at radius 2 is 2.04 bits per heavy atom. The highest BCUT2D eigenvalue weighted by Gasteiger charge is 2.08. The van der Waals surface area contributed by atoms with Crippen molar-refractivity contribution in [3.63, 3.8) is 0 Å². The summed E-state index contributed by atoms with van der Waals surface area (Å²) in [6, 6.07) is 11.2. The Morgan fingerprint density at radius 3 is 2.78 bits per heavy atom. The van der Waals surface area contributed by atoms with Crippen LogP contribution in [-0.4, -0.2) is 14.8 Å². The molecule has 0 spiro atoms. The second-order valence-corrected chi connectivity index (χ2v) is 4.95. The van der Waals surface area contributed by atoms with Crippen molar-refractivity contribution in [2.24, 2.45) is 0 Å². The molecule has 0 saturated heterocycles. The molecule has 3 aromatic rings. The maximum atomic E-state index is 13.5. The molecule has 0 amide bonds. The third kappa shape index (κ3) is 3.37. The van der Waals surface area contributed by atoms with Gasteiger partial charge in [0.1, 0.15) is 11.5 Å². The number of hydrogen-bond acceptors (Lipinski definition) is 3. The minimum atomic E-state index is -0.521. The Labute approximate surface area is 136 Å². The van der Waals surface area contributed by atoms with Crippen LogP contribution in [0.3, 0.4) is 0 Å². The van der Waals surface area contributed by atoms with Crippen LogP contribution in [0.5, 0.6) is 0 Å². The van der Waals surface area contributed by atoms with Crippen molar-refractivity contribution in [2.75, 3.05) is 0 Å². The van der Waals surface area contributed by atoms with Crippen LogP contribution in [0.2, 0.25) is 5.02 Å². The first kappa shape index (κ1) is 14.8. The van der Waals surface area contributed by atoms with Crippen LogP contribution in [0.4, 0.5) is 4.39 Å². The topological polar surface area (TPSA) is 54.5 Å². The van der Waals surface area contributed by atoms with E-state index >= 15 is 0 Å². The third-order valence-electron chi connectivity index (χ3n) is 2.92. The van der Waals surface area contributed by atoms with Crippen molar-refractivity contribution in [3.05, 3.63) is 76.6 Å². The minimum absolute atomic E-state index is 0.202. The number of nitriles is 1. The first-order valence-corrected chi connectivity index (χ1v) is 6.93. The smallest absolute Gasteiger partial charge is 0.154 e. The summed E-state index contributed by atoms with van der Waals surface area (Å²) < 4.78 is 14.9.